The molecule has 0 aliphatic rings. The number of carbonyl (C=O) groups excluding carboxylic acids is 1. The Balaban J connectivity index is 2.22. The van der Waals surface area contributed by atoms with Crippen molar-refractivity contribution in [2.75, 3.05) is 0 Å². The molecular formula is C15H12BrClO. The molecule has 0 saturated carbocycles. The first kappa shape index (κ1) is 13.3. The summed E-state index contributed by atoms with van der Waals surface area (Å²) in [5.74, 6) is 0.105. The van der Waals surface area contributed by atoms with Gasteiger partial charge in [0.15, 0.2) is 5.78 Å². The molecule has 0 spiro atoms. The fourth-order valence-electron chi connectivity index (χ4n) is 1.75. The van der Waals surface area contributed by atoms with Crippen molar-refractivity contribution < 1.29 is 4.79 Å². The third-order valence-corrected chi connectivity index (χ3v) is 4.07. The SMILES string of the molecule is Cc1cccc(C(=O)Cc2ccc(Cl)cc2)c1Br. The molecule has 1 nitrogen and oxygen atoms in total. The molecule has 18 heavy (non-hydrogen) atoms. The van der Waals surface area contributed by atoms with Crippen LogP contribution in [0.3, 0.4) is 0 Å². The lowest BCUT2D eigenvalue weighted by Crippen LogP contribution is -2.05. The molecule has 0 saturated heterocycles. The first-order chi connectivity index (χ1) is 8.58. The van der Waals surface area contributed by atoms with Crippen molar-refractivity contribution >= 4 is 33.3 Å². The first-order valence-corrected chi connectivity index (χ1v) is 6.78. The number of Topliss-reactive ketones (excluding diaryl/α,β-unsaturated/α-hetero) is 1. The minimum absolute atomic E-state index is 0.105. The molecule has 0 bridgehead atoms. The summed E-state index contributed by atoms with van der Waals surface area (Å²) in [5, 5.41) is 0.683. The summed E-state index contributed by atoms with van der Waals surface area (Å²) in [4.78, 5) is 12.2. The van der Waals surface area contributed by atoms with Crippen LogP contribution in [-0.4, -0.2) is 5.78 Å². The molecule has 3 heteroatoms. The van der Waals surface area contributed by atoms with Crippen LogP contribution in [0.25, 0.3) is 0 Å². The molecule has 0 aliphatic heterocycles. The molecule has 0 N–H and O–H groups in total. The normalized spacial score (nSPS) is 10.4. The molecule has 0 unspecified atom stereocenters. The van der Waals surface area contributed by atoms with Gasteiger partial charge in [-0.15, -0.1) is 0 Å². The number of benzene rings is 2. The second-order valence-electron chi connectivity index (χ2n) is 4.16. The lowest BCUT2D eigenvalue weighted by molar-refractivity contribution is 0.0992. The van der Waals surface area contributed by atoms with Crippen LogP contribution in [0.2, 0.25) is 5.02 Å². The number of hydrogen-bond acceptors (Lipinski definition) is 1. The lowest BCUT2D eigenvalue weighted by atomic mass is 10.0. The minimum atomic E-state index is 0.105. The van der Waals surface area contributed by atoms with Crippen molar-refractivity contribution in [1.82, 2.24) is 0 Å². The van der Waals surface area contributed by atoms with Gasteiger partial charge in [-0.2, -0.15) is 0 Å². The van der Waals surface area contributed by atoms with Gasteiger partial charge < -0.3 is 0 Å². The zero-order chi connectivity index (χ0) is 13.1. The Hall–Kier alpha value is -1.12. The predicted octanol–water partition coefficient (Wildman–Crippen LogP) is 4.84. The van der Waals surface area contributed by atoms with Crippen molar-refractivity contribution in [2.24, 2.45) is 0 Å². The summed E-state index contributed by atoms with van der Waals surface area (Å²) in [5.41, 5.74) is 2.76. The number of ketones is 1. The summed E-state index contributed by atoms with van der Waals surface area (Å²) < 4.78 is 0.879. The second kappa shape index (κ2) is 5.68. The molecule has 0 aliphatic carbocycles. The maximum Gasteiger partial charge on any atom is 0.168 e. The van der Waals surface area contributed by atoms with Crippen LogP contribution in [0, 0.1) is 6.92 Å². The lowest BCUT2D eigenvalue weighted by Gasteiger charge is -2.06. The van der Waals surface area contributed by atoms with Gasteiger partial charge in [0.05, 0.1) is 0 Å². The molecular weight excluding hydrogens is 312 g/mol. The average Bonchev–Trinajstić information content (AvgIpc) is 2.35. The number of aryl methyl sites for hydroxylation is 1. The summed E-state index contributed by atoms with van der Waals surface area (Å²) in [6, 6.07) is 13.1. The van der Waals surface area contributed by atoms with Crippen LogP contribution >= 0.6 is 27.5 Å². The fourth-order valence-corrected chi connectivity index (χ4v) is 2.36. The van der Waals surface area contributed by atoms with Gasteiger partial charge in [0.2, 0.25) is 0 Å². The minimum Gasteiger partial charge on any atom is -0.294 e. The average molecular weight is 324 g/mol. The molecule has 0 radical (unpaired) electrons. The largest absolute Gasteiger partial charge is 0.294 e. The highest BCUT2D eigenvalue weighted by Crippen LogP contribution is 2.22. The molecule has 0 aromatic heterocycles. The van der Waals surface area contributed by atoms with E-state index in [0.29, 0.717) is 11.4 Å². The molecule has 0 atom stereocenters. The highest BCUT2D eigenvalue weighted by atomic mass is 79.9. The first-order valence-electron chi connectivity index (χ1n) is 5.60. The van der Waals surface area contributed by atoms with Gasteiger partial charge in [0.25, 0.3) is 0 Å². The summed E-state index contributed by atoms with van der Waals surface area (Å²) in [6.07, 6.45) is 0.388. The Bertz CT molecular complexity index is 576. The van der Waals surface area contributed by atoms with Gasteiger partial charge in [-0.25, -0.2) is 0 Å². The zero-order valence-electron chi connectivity index (χ0n) is 9.91. The van der Waals surface area contributed by atoms with E-state index in [1.54, 1.807) is 12.1 Å². The van der Waals surface area contributed by atoms with Crippen molar-refractivity contribution in [2.45, 2.75) is 13.3 Å². The van der Waals surface area contributed by atoms with E-state index in [1.165, 1.54) is 0 Å². The van der Waals surface area contributed by atoms with E-state index in [2.05, 4.69) is 15.9 Å². The topological polar surface area (TPSA) is 17.1 Å². The van der Waals surface area contributed by atoms with Crippen molar-refractivity contribution in [3.8, 4) is 0 Å². The smallest absolute Gasteiger partial charge is 0.168 e. The third kappa shape index (κ3) is 3.01. The van der Waals surface area contributed by atoms with E-state index in [9.17, 15) is 4.79 Å². The highest BCUT2D eigenvalue weighted by Gasteiger charge is 2.11. The van der Waals surface area contributed by atoms with Gasteiger partial charge in [-0.05, 0) is 46.1 Å². The van der Waals surface area contributed by atoms with Crippen LogP contribution in [0.5, 0.6) is 0 Å². The van der Waals surface area contributed by atoms with E-state index in [1.807, 2.05) is 37.3 Å². The van der Waals surface area contributed by atoms with E-state index >= 15 is 0 Å². The summed E-state index contributed by atoms with van der Waals surface area (Å²) in [7, 11) is 0. The van der Waals surface area contributed by atoms with Crippen LogP contribution in [0.15, 0.2) is 46.9 Å². The van der Waals surface area contributed by atoms with E-state index in [4.69, 9.17) is 11.6 Å². The molecule has 92 valence electrons. The van der Waals surface area contributed by atoms with Crippen LogP contribution < -0.4 is 0 Å². The van der Waals surface area contributed by atoms with E-state index in [-0.39, 0.29) is 5.78 Å². The molecule has 2 rings (SSSR count). The zero-order valence-corrected chi connectivity index (χ0v) is 12.3. The van der Waals surface area contributed by atoms with Crippen LogP contribution in [0.4, 0.5) is 0 Å². The number of hydrogen-bond donors (Lipinski definition) is 0. The summed E-state index contributed by atoms with van der Waals surface area (Å²) in [6.45, 7) is 1.98. The standard InChI is InChI=1S/C15H12BrClO/c1-10-3-2-4-13(15(10)16)14(18)9-11-5-7-12(17)8-6-11/h2-8H,9H2,1H3. The maximum absolute atomic E-state index is 12.2. The number of carbonyl (C=O) groups is 1. The molecule has 0 amide bonds. The molecule has 0 heterocycles. The summed E-state index contributed by atoms with van der Waals surface area (Å²) >= 11 is 9.28. The van der Waals surface area contributed by atoms with Gasteiger partial charge in [0.1, 0.15) is 0 Å². The Labute approximate surface area is 120 Å². The van der Waals surface area contributed by atoms with Crippen LogP contribution in [-0.2, 0) is 6.42 Å². The van der Waals surface area contributed by atoms with E-state index < -0.39 is 0 Å². The Morgan fingerprint density at radius 1 is 1.17 bits per heavy atom. The monoisotopic (exact) mass is 322 g/mol. The maximum atomic E-state index is 12.2. The third-order valence-electron chi connectivity index (χ3n) is 2.77. The van der Waals surface area contributed by atoms with Crippen molar-refractivity contribution in [1.29, 1.82) is 0 Å². The van der Waals surface area contributed by atoms with Gasteiger partial charge in [-0.3, -0.25) is 4.79 Å². The van der Waals surface area contributed by atoms with Gasteiger partial charge in [0, 0.05) is 21.5 Å². The van der Waals surface area contributed by atoms with Gasteiger partial charge in [-0.1, -0.05) is 41.9 Å². The number of halogens is 2. The van der Waals surface area contributed by atoms with Crippen molar-refractivity contribution in [3.63, 3.8) is 0 Å². The highest BCUT2D eigenvalue weighted by molar-refractivity contribution is 9.10. The van der Waals surface area contributed by atoms with Crippen LogP contribution in [0.1, 0.15) is 21.5 Å². The van der Waals surface area contributed by atoms with Gasteiger partial charge >= 0.3 is 0 Å². The molecule has 2 aromatic carbocycles. The second-order valence-corrected chi connectivity index (χ2v) is 5.39. The Morgan fingerprint density at radius 3 is 2.50 bits per heavy atom. The predicted molar refractivity (Wildman–Crippen MR) is 78.4 cm³/mol. The number of rotatable bonds is 3. The molecule has 0 fully saturated rings. The fraction of sp³-hybridized carbons (Fsp3) is 0.133. The van der Waals surface area contributed by atoms with E-state index in [0.717, 1.165) is 21.2 Å². The quantitative estimate of drug-likeness (QED) is 0.739. The molecule has 2 aromatic rings. The Morgan fingerprint density at radius 2 is 1.83 bits per heavy atom. The Kier molecular flexibility index (Phi) is 4.20. The van der Waals surface area contributed by atoms with Crippen molar-refractivity contribution in [3.05, 3.63) is 68.7 Å².